The van der Waals surface area contributed by atoms with Gasteiger partial charge in [0.25, 0.3) is 0 Å². The Morgan fingerprint density at radius 3 is 2.43 bits per heavy atom. The van der Waals surface area contributed by atoms with Crippen molar-refractivity contribution >= 4 is 24.3 Å². The van der Waals surface area contributed by atoms with Crippen molar-refractivity contribution in [3.63, 3.8) is 0 Å². The van der Waals surface area contributed by atoms with Crippen LogP contribution in [0.2, 0.25) is 0 Å². The number of unbranched alkanes of at least 4 members (excludes halogenated alkanes) is 1. The maximum atomic E-state index is 12.6. The standard InChI is InChI=1S/C16H19N2O3PS/c1-3-5-10-23-22(19,20-4-2)21-16-8-6-14(7-9-16)11-15(12-17)13-18/h6-9,11H,3-5,10H2,1-2H3. The molecule has 0 aliphatic carbocycles. The highest BCUT2D eigenvalue weighted by Crippen LogP contribution is 2.60. The van der Waals surface area contributed by atoms with Crippen LogP contribution in [0.5, 0.6) is 5.75 Å². The van der Waals surface area contributed by atoms with Gasteiger partial charge in [0.2, 0.25) is 0 Å². The van der Waals surface area contributed by atoms with E-state index < -0.39 is 6.80 Å². The Labute approximate surface area is 141 Å². The molecule has 1 aromatic rings. The van der Waals surface area contributed by atoms with Gasteiger partial charge in [-0.3, -0.25) is 4.52 Å². The topological polar surface area (TPSA) is 83.1 Å². The van der Waals surface area contributed by atoms with Crippen LogP contribution in [-0.4, -0.2) is 12.4 Å². The molecule has 0 spiro atoms. The van der Waals surface area contributed by atoms with Crippen molar-refractivity contribution in [3.8, 4) is 17.9 Å². The lowest BCUT2D eigenvalue weighted by Crippen LogP contribution is -1.96. The molecule has 0 aromatic heterocycles. The van der Waals surface area contributed by atoms with Crippen molar-refractivity contribution in [2.24, 2.45) is 0 Å². The number of nitrogens with zero attached hydrogens (tertiary/aromatic N) is 2. The molecule has 0 aliphatic heterocycles. The smallest absolute Gasteiger partial charge is 0.417 e. The SMILES string of the molecule is CCCCSP(=O)(OCC)Oc1ccc(C=C(C#N)C#N)cc1. The van der Waals surface area contributed by atoms with Gasteiger partial charge in [-0.1, -0.05) is 25.5 Å². The number of hydrogen-bond donors (Lipinski definition) is 0. The number of allylic oxidation sites excluding steroid dienone is 1. The van der Waals surface area contributed by atoms with Gasteiger partial charge in [0.1, 0.15) is 23.5 Å². The largest absolute Gasteiger partial charge is 0.440 e. The zero-order valence-corrected chi connectivity index (χ0v) is 14.9. The van der Waals surface area contributed by atoms with Gasteiger partial charge in [-0.05, 0) is 48.5 Å². The van der Waals surface area contributed by atoms with Gasteiger partial charge in [0, 0.05) is 5.75 Å². The van der Waals surface area contributed by atoms with Crippen LogP contribution in [0, 0.1) is 22.7 Å². The van der Waals surface area contributed by atoms with E-state index in [1.807, 2.05) is 0 Å². The molecule has 0 heterocycles. The number of benzene rings is 1. The molecule has 0 amide bonds. The van der Waals surface area contributed by atoms with Crippen molar-refractivity contribution < 1.29 is 13.6 Å². The van der Waals surface area contributed by atoms with Crippen LogP contribution in [0.25, 0.3) is 6.08 Å². The summed E-state index contributed by atoms with van der Waals surface area (Å²) >= 11 is 1.20. The second-order valence-corrected chi connectivity index (χ2v) is 8.61. The summed E-state index contributed by atoms with van der Waals surface area (Å²) in [5.41, 5.74) is 0.717. The maximum Gasteiger partial charge on any atom is 0.440 e. The summed E-state index contributed by atoms with van der Waals surface area (Å²) in [6, 6.07) is 10.3. The van der Waals surface area contributed by atoms with Crippen LogP contribution in [0.4, 0.5) is 0 Å². The third-order valence-corrected chi connectivity index (χ3v) is 6.52. The van der Waals surface area contributed by atoms with E-state index in [2.05, 4.69) is 6.92 Å². The first-order chi connectivity index (χ1) is 11.1. The summed E-state index contributed by atoms with van der Waals surface area (Å²) < 4.78 is 23.5. The van der Waals surface area contributed by atoms with Crippen molar-refractivity contribution in [1.29, 1.82) is 10.5 Å². The van der Waals surface area contributed by atoms with Gasteiger partial charge >= 0.3 is 6.80 Å². The summed E-state index contributed by atoms with van der Waals surface area (Å²) in [5, 5.41) is 17.5. The second kappa shape index (κ2) is 10.1. The third-order valence-electron chi connectivity index (χ3n) is 2.68. The van der Waals surface area contributed by atoms with E-state index in [4.69, 9.17) is 19.6 Å². The minimum atomic E-state index is -3.23. The van der Waals surface area contributed by atoms with Crippen molar-refractivity contribution in [1.82, 2.24) is 0 Å². The van der Waals surface area contributed by atoms with Crippen LogP contribution >= 0.6 is 18.2 Å². The van der Waals surface area contributed by atoms with Gasteiger partial charge in [-0.2, -0.15) is 10.5 Å². The van der Waals surface area contributed by atoms with E-state index >= 15 is 0 Å². The lowest BCUT2D eigenvalue weighted by molar-refractivity contribution is 0.296. The highest BCUT2D eigenvalue weighted by Gasteiger charge is 2.26. The van der Waals surface area contributed by atoms with E-state index in [9.17, 15) is 4.57 Å². The van der Waals surface area contributed by atoms with Crippen LogP contribution in [0.15, 0.2) is 29.8 Å². The fourth-order valence-corrected chi connectivity index (χ4v) is 5.11. The monoisotopic (exact) mass is 350 g/mol. The Bertz CT molecular complexity index is 643. The molecule has 0 saturated heterocycles. The molecule has 0 fully saturated rings. The zero-order valence-electron chi connectivity index (χ0n) is 13.2. The van der Waals surface area contributed by atoms with E-state index in [0.29, 0.717) is 23.7 Å². The quantitative estimate of drug-likeness (QED) is 0.347. The Hall–Kier alpha value is -1.72. The Balaban J connectivity index is 2.82. The minimum absolute atomic E-state index is 0.0220. The molecule has 23 heavy (non-hydrogen) atoms. The lowest BCUT2D eigenvalue weighted by Gasteiger charge is -2.17. The molecule has 5 nitrogen and oxygen atoms in total. The molecular formula is C16H19N2O3PS. The highest BCUT2D eigenvalue weighted by molar-refractivity contribution is 8.55. The van der Waals surface area contributed by atoms with Crippen molar-refractivity contribution in [2.45, 2.75) is 26.7 Å². The van der Waals surface area contributed by atoms with Gasteiger partial charge in [-0.15, -0.1) is 0 Å². The van der Waals surface area contributed by atoms with Crippen LogP contribution in [-0.2, 0) is 9.09 Å². The maximum absolute atomic E-state index is 12.6. The molecule has 1 atom stereocenters. The molecule has 1 unspecified atom stereocenters. The molecule has 0 N–H and O–H groups in total. The van der Waals surface area contributed by atoms with E-state index in [-0.39, 0.29) is 5.57 Å². The summed E-state index contributed by atoms with van der Waals surface area (Å²) in [6.45, 7) is 0.921. The molecule has 0 bridgehead atoms. The van der Waals surface area contributed by atoms with Crippen LogP contribution in [0.1, 0.15) is 32.3 Å². The van der Waals surface area contributed by atoms with Crippen molar-refractivity contribution in [2.75, 3.05) is 12.4 Å². The molecule has 7 heteroatoms. The summed E-state index contributed by atoms with van der Waals surface area (Å²) in [7, 11) is 0. The van der Waals surface area contributed by atoms with Crippen molar-refractivity contribution in [3.05, 3.63) is 35.4 Å². The number of nitriles is 2. The second-order valence-electron chi connectivity index (χ2n) is 4.49. The minimum Gasteiger partial charge on any atom is -0.417 e. The van der Waals surface area contributed by atoms with E-state index in [1.165, 1.54) is 17.5 Å². The summed E-state index contributed by atoms with van der Waals surface area (Å²) in [5.74, 6) is 1.14. The van der Waals surface area contributed by atoms with Crippen LogP contribution < -0.4 is 4.52 Å². The van der Waals surface area contributed by atoms with Gasteiger partial charge in [-0.25, -0.2) is 4.57 Å². The van der Waals surface area contributed by atoms with Gasteiger partial charge in [0.05, 0.1) is 6.61 Å². The average molecular weight is 350 g/mol. The van der Waals surface area contributed by atoms with E-state index in [1.54, 1.807) is 43.3 Å². The molecule has 0 radical (unpaired) electrons. The first-order valence-electron chi connectivity index (χ1n) is 7.27. The Morgan fingerprint density at radius 2 is 1.91 bits per heavy atom. The summed E-state index contributed by atoms with van der Waals surface area (Å²) in [6.07, 6.45) is 3.43. The number of hydrogen-bond acceptors (Lipinski definition) is 6. The first-order valence-corrected chi connectivity index (χ1v) is 10.4. The summed E-state index contributed by atoms with van der Waals surface area (Å²) in [4.78, 5) is 0. The predicted molar refractivity (Wildman–Crippen MR) is 92.9 cm³/mol. The van der Waals surface area contributed by atoms with Crippen LogP contribution in [0.3, 0.4) is 0 Å². The Kier molecular flexibility index (Phi) is 8.51. The fraction of sp³-hybridized carbons (Fsp3) is 0.375. The fourth-order valence-electron chi connectivity index (χ4n) is 1.58. The van der Waals surface area contributed by atoms with Gasteiger partial charge in [0.15, 0.2) is 0 Å². The number of rotatable bonds is 9. The molecule has 0 aliphatic rings. The van der Waals surface area contributed by atoms with Gasteiger partial charge < -0.3 is 4.52 Å². The zero-order chi connectivity index (χ0) is 17.1. The first kappa shape index (κ1) is 19.3. The highest BCUT2D eigenvalue weighted by atomic mass is 32.7. The van der Waals surface area contributed by atoms with E-state index in [0.717, 1.165) is 12.8 Å². The molecule has 122 valence electrons. The third kappa shape index (κ3) is 6.93. The molecule has 1 aromatic carbocycles. The molecular weight excluding hydrogens is 331 g/mol. The normalized spacial score (nSPS) is 12.5. The average Bonchev–Trinajstić information content (AvgIpc) is 2.54. The lowest BCUT2D eigenvalue weighted by atomic mass is 10.1. The Morgan fingerprint density at radius 1 is 1.26 bits per heavy atom. The molecule has 0 saturated carbocycles. The molecule has 1 rings (SSSR count). The predicted octanol–water partition coefficient (Wildman–Crippen LogP) is 5.17.